The number of fused-ring (bicyclic) bond motifs is 4. The molecule has 1 heterocycles. The van der Waals surface area contributed by atoms with Crippen molar-refractivity contribution in [1.29, 1.82) is 0 Å². The zero-order chi connectivity index (χ0) is 21.1. The molecule has 1 saturated heterocycles. The molecular formula is C25H34O5. The van der Waals surface area contributed by atoms with E-state index in [1.54, 1.807) is 0 Å². The third kappa shape index (κ3) is 2.74. The van der Waals surface area contributed by atoms with Crippen molar-refractivity contribution in [2.75, 3.05) is 13.2 Å². The maximum Gasteiger partial charge on any atom is 0.303 e. The molecule has 5 nitrogen and oxygen atoms in total. The Morgan fingerprint density at radius 2 is 1.93 bits per heavy atom. The molecule has 164 valence electrons. The zero-order valence-electron chi connectivity index (χ0n) is 18.6. The summed E-state index contributed by atoms with van der Waals surface area (Å²) >= 11 is 0. The van der Waals surface area contributed by atoms with Crippen molar-refractivity contribution in [1.82, 2.24) is 0 Å². The van der Waals surface area contributed by atoms with E-state index in [2.05, 4.69) is 13.0 Å². The van der Waals surface area contributed by atoms with Crippen LogP contribution >= 0.6 is 0 Å². The van der Waals surface area contributed by atoms with Crippen LogP contribution in [0.2, 0.25) is 0 Å². The Labute approximate surface area is 179 Å². The molecule has 5 heteroatoms. The Balaban J connectivity index is 1.49. The molecule has 0 bridgehead atoms. The molecular weight excluding hydrogens is 380 g/mol. The molecule has 0 aromatic heterocycles. The molecule has 0 N–H and O–H groups in total. The second-order valence-electron chi connectivity index (χ2n) is 10.1. The van der Waals surface area contributed by atoms with Gasteiger partial charge < -0.3 is 14.2 Å². The van der Waals surface area contributed by atoms with Crippen LogP contribution in [0, 0.1) is 17.3 Å². The van der Waals surface area contributed by atoms with Gasteiger partial charge in [-0.3, -0.25) is 9.59 Å². The SMILES string of the molecule is CCC(=O)[C@@]1(OC(C)=O)CC[C@H]2[C@@H]3CCC4=C(CCC5(C4)OCCO5)C3=CC[C@@]21C. The summed E-state index contributed by atoms with van der Waals surface area (Å²) in [6.07, 6.45) is 10.3. The number of carbonyl (C=O) groups excluding carboxylic acids is 2. The monoisotopic (exact) mass is 414 g/mol. The predicted molar refractivity (Wildman–Crippen MR) is 112 cm³/mol. The van der Waals surface area contributed by atoms with Crippen LogP contribution in [0.3, 0.4) is 0 Å². The standard InChI is InChI=1S/C25H34O5/c1-4-22(27)25(30-16(2)26)12-9-21-20-6-5-17-15-24(28-13-14-29-24)11-8-18(17)19(20)7-10-23(21,25)3/h7,20-21H,4-6,8-15H2,1-3H3/t20-,21+,23+,25+/m1/s1. The van der Waals surface area contributed by atoms with E-state index < -0.39 is 5.60 Å². The van der Waals surface area contributed by atoms with Crippen LogP contribution in [-0.2, 0) is 23.8 Å². The van der Waals surface area contributed by atoms with Crippen LogP contribution in [0.4, 0.5) is 0 Å². The Kier molecular flexibility index (Phi) is 4.79. The lowest BCUT2D eigenvalue weighted by atomic mass is 9.55. The number of esters is 1. The molecule has 30 heavy (non-hydrogen) atoms. The fourth-order valence-corrected chi connectivity index (χ4v) is 7.50. The van der Waals surface area contributed by atoms with E-state index in [4.69, 9.17) is 14.2 Å². The van der Waals surface area contributed by atoms with Gasteiger partial charge >= 0.3 is 5.97 Å². The fraction of sp³-hybridized carbons (Fsp3) is 0.760. The van der Waals surface area contributed by atoms with Crippen LogP contribution in [0.25, 0.3) is 0 Å². The minimum Gasteiger partial charge on any atom is -0.451 e. The third-order valence-corrected chi connectivity index (χ3v) is 8.85. The topological polar surface area (TPSA) is 61.8 Å². The van der Waals surface area contributed by atoms with Gasteiger partial charge in [0, 0.05) is 31.6 Å². The summed E-state index contributed by atoms with van der Waals surface area (Å²) in [6, 6.07) is 0. The summed E-state index contributed by atoms with van der Waals surface area (Å²) in [5, 5.41) is 0. The van der Waals surface area contributed by atoms with Crippen molar-refractivity contribution in [2.24, 2.45) is 17.3 Å². The lowest BCUT2D eigenvalue weighted by Crippen LogP contribution is -2.56. The van der Waals surface area contributed by atoms with E-state index in [1.165, 1.54) is 23.6 Å². The van der Waals surface area contributed by atoms with E-state index in [0.717, 1.165) is 44.9 Å². The molecule has 0 unspecified atom stereocenters. The maximum atomic E-state index is 13.1. The van der Waals surface area contributed by atoms with Gasteiger partial charge in [0.1, 0.15) is 0 Å². The highest BCUT2D eigenvalue weighted by atomic mass is 16.7. The minimum atomic E-state index is -0.961. The van der Waals surface area contributed by atoms with Gasteiger partial charge in [0.25, 0.3) is 0 Å². The molecule has 1 saturated carbocycles. The molecule has 5 rings (SSSR count). The van der Waals surface area contributed by atoms with E-state index in [1.807, 2.05) is 6.92 Å². The molecule has 0 aromatic rings. The second kappa shape index (κ2) is 7.03. The number of ether oxygens (including phenoxy) is 3. The first-order valence-corrected chi connectivity index (χ1v) is 11.8. The van der Waals surface area contributed by atoms with Crippen molar-refractivity contribution in [3.8, 4) is 0 Å². The van der Waals surface area contributed by atoms with Gasteiger partial charge in [-0.05, 0) is 61.5 Å². The summed E-state index contributed by atoms with van der Waals surface area (Å²) in [6.45, 7) is 6.94. The van der Waals surface area contributed by atoms with Crippen molar-refractivity contribution < 1.29 is 23.8 Å². The van der Waals surface area contributed by atoms with Crippen molar-refractivity contribution in [3.63, 3.8) is 0 Å². The van der Waals surface area contributed by atoms with Gasteiger partial charge in [-0.25, -0.2) is 0 Å². The summed E-state index contributed by atoms with van der Waals surface area (Å²) in [5.74, 6) is 0.225. The summed E-state index contributed by atoms with van der Waals surface area (Å²) in [5.41, 5.74) is 3.28. The molecule has 0 radical (unpaired) electrons. The van der Waals surface area contributed by atoms with Gasteiger partial charge in [0.15, 0.2) is 17.2 Å². The maximum absolute atomic E-state index is 13.1. The summed E-state index contributed by atoms with van der Waals surface area (Å²) in [4.78, 5) is 25.1. The molecule has 4 aliphatic carbocycles. The molecule has 5 aliphatic rings. The van der Waals surface area contributed by atoms with Crippen LogP contribution in [-0.4, -0.2) is 36.4 Å². The Morgan fingerprint density at radius 1 is 1.17 bits per heavy atom. The lowest BCUT2D eigenvalue weighted by molar-refractivity contribution is -0.181. The quantitative estimate of drug-likeness (QED) is 0.629. The number of hydrogen-bond donors (Lipinski definition) is 0. The normalized spacial score (nSPS) is 39.2. The number of Topliss-reactive ketones (excluding diaryl/α,β-unsaturated/α-hetero) is 1. The van der Waals surface area contributed by atoms with Crippen molar-refractivity contribution in [2.45, 2.75) is 89.9 Å². The number of rotatable bonds is 3. The number of hydrogen-bond acceptors (Lipinski definition) is 5. The Bertz CT molecular complexity index is 832. The third-order valence-electron chi connectivity index (χ3n) is 8.85. The van der Waals surface area contributed by atoms with Crippen LogP contribution in [0.15, 0.2) is 22.8 Å². The first-order chi connectivity index (χ1) is 14.3. The second-order valence-corrected chi connectivity index (χ2v) is 10.1. The highest BCUT2D eigenvalue weighted by Gasteiger charge is 2.65. The summed E-state index contributed by atoms with van der Waals surface area (Å²) < 4.78 is 17.9. The average molecular weight is 415 g/mol. The number of allylic oxidation sites excluding steroid dienone is 3. The molecule has 2 fully saturated rings. The van der Waals surface area contributed by atoms with Crippen LogP contribution in [0.1, 0.15) is 78.6 Å². The highest BCUT2D eigenvalue weighted by Crippen LogP contribution is 2.64. The largest absolute Gasteiger partial charge is 0.451 e. The smallest absolute Gasteiger partial charge is 0.303 e. The van der Waals surface area contributed by atoms with Gasteiger partial charge in [0.2, 0.25) is 0 Å². The van der Waals surface area contributed by atoms with Crippen LogP contribution < -0.4 is 0 Å². The number of ketones is 1. The lowest BCUT2D eigenvalue weighted by Gasteiger charge is -2.51. The van der Waals surface area contributed by atoms with Gasteiger partial charge in [0.05, 0.1) is 13.2 Å². The van der Waals surface area contributed by atoms with E-state index in [0.29, 0.717) is 37.9 Å². The predicted octanol–water partition coefficient (Wildman–Crippen LogP) is 4.65. The zero-order valence-corrected chi connectivity index (χ0v) is 18.6. The van der Waals surface area contributed by atoms with Gasteiger partial charge in [-0.1, -0.05) is 25.5 Å². The van der Waals surface area contributed by atoms with E-state index in [9.17, 15) is 9.59 Å². The highest BCUT2D eigenvalue weighted by molar-refractivity contribution is 5.91. The van der Waals surface area contributed by atoms with E-state index >= 15 is 0 Å². The molecule has 4 atom stereocenters. The average Bonchev–Trinajstić information content (AvgIpc) is 3.29. The first-order valence-electron chi connectivity index (χ1n) is 11.8. The summed E-state index contributed by atoms with van der Waals surface area (Å²) in [7, 11) is 0. The van der Waals surface area contributed by atoms with Gasteiger partial charge in [-0.2, -0.15) is 0 Å². The molecule has 0 aromatic carbocycles. The Morgan fingerprint density at radius 3 is 2.63 bits per heavy atom. The van der Waals surface area contributed by atoms with Crippen molar-refractivity contribution in [3.05, 3.63) is 22.8 Å². The van der Waals surface area contributed by atoms with Crippen molar-refractivity contribution >= 4 is 11.8 Å². The Hall–Kier alpha value is -1.46. The number of carbonyl (C=O) groups is 2. The van der Waals surface area contributed by atoms with Gasteiger partial charge in [-0.15, -0.1) is 0 Å². The molecule has 0 amide bonds. The minimum absolute atomic E-state index is 0.0883. The first kappa shape index (κ1) is 20.4. The van der Waals surface area contributed by atoms with E-state index in [-0.39, 0.29) is 23.0 Å². The molecule has 1 aliphatic heterocycles. The fourth-order valence-electron chi connectivity index (χ4n) is 7.50. The van der Waals surface area contributed by atoms with Crippen LogP contribution in [0.5, 0.6) is 0 Å². The molecule has 1 spiro atoms.